The van der Waals surface area contributed by atoms with E-state index in [0.717, 1.165) is 0 Å². The topological polar surface area (TPSA) is 97.0 Å². The van der Waals surface area contributed by atoms with Crippen LogP contribution in [0, 0.1) is 0 Å². The van der Waals surface area contributed by atoms with Gasteiger partial charge in [0.2, 0.25) is 0 Å². The number of ether oxygens (including phenoxy) is 1. The molecule has 0 aliphatic carbocycles. The SMILES string of the molecule is CCOC(=O)c1c(O)c2ccc(O)cc2oc1=O. The molecule has 6 nitrogen and oxygen atoms in total. The van der Waals surface area contributed by atoms with Crippen LogP contribution in [0.4, 0.5) is 0 Å². The van der Waals surface area contributed by atoms with Crippen LogP contribution in [0.5, 0.6) is 11.5 Å². The molecule has 0 aliphatic rings. The molecule has 0 aliphatic heterocycles. The summed E-state index contributed by atoms with van der Waals surface area (Å²) in [5.41, 5.74) is -1.57. The van der Waals surface area contributed by atoms with E-state index in [2.05, 4.69) is 4.74 Å². The lowest BCUT2D eigenvalue weighted by molar-refractivity contribution is 0.0518. The average molecular weight is 250 g/mol. The first-order valence-corrected chi connectivity index (χ1v) is 5.20. The lowest BCUT2D eigenvalue weighted by atomic mass is 10.1. The zero-order valence-corrected chi connectivity index (χ0v) is 9.47. The minimum absolute atomic E-state index is 0.00875. The van der Waals surface area contributed by atoms with Gasteiger partial charge in [-0.15, -0.1) is 0 Å². The molecule has 6 heteroatoms. The van der Waals surface area contributed by atoms with Crippen molar-refractivity contribution in [1.29, 1.82) is 0 Å². The number of aromatic hydroxyl groups is 2. The third-order valence-electron chi connectivity index (χ3n) is 2.34. The zero-order chi connectivity index (χ0) is 13.3. The summed E-state index contributed by atoms with van der Waals surface area (Å²) in [6.45, 7) is 1.65. The van der Waals surface area contributed by atoms with Gasteiger partial charge in [-0.1, -0.05) is 0 Å². The number of carbonyl (C=O) groups excluding carboxylic acids is 1. The van der Waals surface area contributed by atoms with Crippen molar-refractivity contribution in [3.05, 3.63) is 34.2 Å². The van der Waals surface area contributed by atoms with E-state index in [4.69, 9.17) is 4.42 Å². The number of benzene rings is 1. The van der Waals surface area contributed by atoms with Crippen molar-refractivity contribution in [2.75, 3.05) is 6.61 Å². The molecule has 0 saturated heterocycles. The number of rotatable bonds is 2. The second-order valence-corrected chi connectivity index (χ2v) is 3.51. The van der Waals surface area contributed by atoms with E-state index in [1.54, 1.807) is 6.92 Å². The lowest BCUT2D eigenvalue weighted by Gasteiger charge is -2.05. The maximum atomic E-state index is 11.6. The Bertz CT molecular complexity index is 670. The summed E-state index contributed by atoms with van der Waals surface area (Å²) in [4.78, 5) is 23.1. The van der Waals surface area contributed by atoms with Crippen molar-refractivity contribution >= 4 is 16.9 Å². The molecule has 0 bridgehead atoms. The molecule has 2 aromatic rings. The summed E-state index contributed by atoms with van der Waals surface area (Å²) in [7, 11) is 0. The normalized spacial score (nSPS) is 10.5. The highest BCUT2D eigenvalue weighted by molar-refractivity contribution is 5.98. The van der Waals surface area contributed by atoms with Crippen LogP contribution in [0.25, 0.3) is 11.0 Å². The first-order valence-electron chi connectivity index (χ1n) is 5.20. The Morgan fingerprint density at radius 3 is 2.78 bits per heavy atom. The molecule has 0 radical (unpaired) electrons. The molecule has 0 fully saturated rings. The van der Waals surface area contributed by atoms with Crippen molar-refractivity contribution < 1.29 is 24.2 Å². The van der Waals surface area contributed by atoms with Crippen LogP contribution in [0.2, 0.25) is 0 Å². The van der Waals surface area contributed by atoms with E-state index < -0.39 is 22.9 Å². The first kappa shape index (κ1) is 12.0. The first-order chi connectivity index (χ1) is 8.54. The van der Waals surface area contributed by atoms with Gasteiger partial charge in [0.1, 0.15) is 17.1 Å². The van der Waals surface area contributed by atoms with Crippen LogP contribution in [0.3, 0.4) is 0 Å². The van der Waals surface area contributed by atoms with Crippen molar-refractivity contribution in [3.63, 3.8) is 0 Å². The summed E-state index contributed by atoms with van der Waals surface area (Å²) in [5, 5.41) is 19.3. The van der Waals surface area contributed by atoms with Crippen LogP contribution in [-0.4, -0.2) is 22.8 Å². The molecule has 0 atom stereocenters. The fraction of sp³-hybridized carbons (Fsp3) is 0.167. The molecule has 2 rings (SSSR count). The van der Waals surface area contributed by atoms with E-state index in [1.165, 1.54) is 18.2 Å². The van der Waals surface area contributed by atoms with Gasteiger partial charge in [-0.25, -0.2) is 9.59 Å². The smallest absolute Gasteiger partial charge is 0.354 e. The fourth-order valence-corrected chi connectivity index (χ4v) is 1.56. The van der Waals surface area contributed by atoms with Gasteiger partial charge in [0, 0.05) is 6.07 Å². The molecule has 94 valence electrons. The predicted molar refractivity (Wildman–Crippen MR) is 61.8 cm³/mol. The summed E-state index contributed by atoms with van der Waals surface area (Å²) in [6, 6.07) is 3.81. The maximum absolute atomic E-state index is 11.6. The Labute approximate surface area is 101 Å². The van der Waals surface area contributed by atoms with Gasteiger partial charge >= 0.3 is 11.6 Å². The average Bonchev–Trinajstić information content (AvgIpc) is 2.28. The number of fused-ring (bicyclic) bond motifs is 1. The Kier molecular flexibility index (Phi) is 2.93. The molecule has 1 aromatic heterocycles. The van der Waals surface area contributed by atoms with Gasteiger partial charge in [-0.05, 0) is 19.1 Å². The minimum Gasteiger partial charge on any atom is -0.508 e. The molecule has 1 aromatic carbocycles. The van der Waals surface area contributed by atoms with Crippen molar-refractivity contribution in [2.24, 2.45) is 0 Å². The second-order valence-electron chi connectivity index (χ2n) is 3.51. The lowest BCUT2D eigenvalue weighted by Crippen LogP contribution is -2.16. The molecule has 0 amide bonds. The monoisotopic (exact) mass is 250 g/mol. The minimum atomic E-state index is -1.01. The van der Waals surface area contributed by atoms with Crippen molar-refractivity contribution in [3.8, 4) is 11.5 Å². The Balaban J connectivity index is 2.73. The van der Waals surface area contributed by atoms with E-state index in [1.807, 2.05) is 0 Å². The standard InChI is InChI=1S/C12H10O6/c1-2-17-11(15)9-10(14)7-4-3-6(13)5-8(7)18-12(9)16/h3-5,13-14H,2H2,1H3. The van der Waals surface area contributed by atoms with E-state index in [-0.39, 0.29) is 23.3 Å². The van der Waals surface area contributed by atoms with Gasteiger partial charge in [0.25, 0.3) is 0 Å². The zero-order valence-electron chi connectivity index (χ0n) is 9.47. The molecular formula is C12H10O6. The quantitative estimate of drug-likeness (QED) is 0.617. The molecule has 0 unspecified atom stereocenters. The van der Waals surface area contributed by atoms with Crippen LogP contribution in [-0.2, 0) is 4.74 Å². The number of hydrogen-bond acceptors (Lipinski definition) is 6. The van der Waals surface area contributed by atoms with E-state index in [0.29, 0.717) is 0 Å². The summed E-state index contributed by atoms with van der Waals surface area (Å²) >= 11 is 0. The second kappa shape index (κ2) is 4.40. The van der Waals surface area contributed by atoms with Gasteiger partial charge in [0.15, 0.2) is 5.56 Å². The third-order valence-corrected chi connectivity index (χ3v) is 2.34. The van der Waals surface area contributed by atoms with Crippen LogP contribution < -0.4 is 5.63 Å². The highest BCUT2D eigenvalue weighted by Crippen LogP contribution is 2.28. The van der Waals surface area contributed by atoms with Crippen molar-refractivity contribution in [2.45, 2.75) is 6.92 Å². The summed E-state index contributed by atoms with van der Waals surface area (Å²) in [5.74, 6) is -1.58. The van der Waals surface area contributed by atoms with Gasteiger partial charge in [-0.2, -0.15) is 0 Å². The number of hydrogen-bond donors (Lipinski definition) is 2. The van der Waals surface area contributed by atoms with Crippen LogP contribution >= 0.6 is 0 Å². The van der Waals surface area contributed by atoms with E-state index in [9.17, 15) is 19.8 Å². The molecule has 18 heavy (non-hydrogen) atoms. The van der Waals surface area contributed by atoms with Crippen molar-refractivity contribution in [1.82, 2.24) is 0 Å². The Morgan fingerprint density at radius 1 is 1.39 bits per heavy atom. The van der Waals surface area contributed by atoms with Gasteiger partial charge in [0.05, 0.1) is 12.0 Å². The highest BCUT2D eigenvalue weighted by Gasteiger charge is 2.22. The summed E-state index contributed by atoms with van der Waals surface area (Å²) in [6.07, 6.45) is 0. The Morgan fingerprint density at radius 2 is 2.11 bits per heavy atom. The number of phenolic OH excluding ortho intramolecular Hbond substituents is 1. The van der Waals surface area contributed by atoms with Crippen LogP contribution in [0.1, 0.15) is 17.3 Å². The summed E-state index contributed by atoms with van der Waals surface area (Å²) < 4.78 is 9.50. The fourth-order valence-electron chi connectivity index (χ4n) is 1.56. The van der Waals surface area contributed by atoms with E-state index >= 15 is 0 Å². The number of phenols is 1. The molecule has 2 N–H and O–H groups in total. The van der Waals surface area contributed by atoms with Gasteiger partial charge < -0.3 is 19.4 Å². The number of esters is 1. The molecule has 0 saturated carbocycles. The maximum Gasteiger partial charge on any atom is 0.354 e. The predicted octanol–water partition coefficient (Wildman–Crippen LogP) is 1.38. The Hall–Kier alpha value is -2.50. The number of carbonyl (C=O) groups is 1. The highest BCUT2D eigenvalue weighted by atomic mass is 16.5. The molecule has 1 heterocycles. The molecular weight excluding hydrogens is 240 g/mol. The van der Waals surface area contributed by atoms with Gasteiger partial charge in [-0.3, -0.25) is 0 Å². The largest absolute Gasteiger partial charge is 0.508 e. The van der Waals surface area contributed by atoms with Crippen LogP contribution in [0.15, 0.2) is 27.4 Å². The molecule has 0 spiro atoms. The third kappa shape index (κ3) is 1.88.